The lowest BCUT2D eigenvalue weighted by molar-refractivity contribution is -0.125. The van der Waals surface area contributed by atoms with Crippen LogP contribution in [0.2, 0.25) is 4.34 Å². The van der Waals surface area contributed by atoms with Crippen molar-refractivity contribution in [1.29, 1.82) is 0 Å². The monoisotopic (exact) mass is 301 g/mol. The van der Waals surface area contributed by atoms with E-state index in [-0.39, 0.29) is 18.6 Å². The Morgan fingerprint density at radius 2 is 2.05 bits per heavy atom. The van der Waals surface area contributed by atoms with E-state index in [0.717, 1.165) is 37.0 Å². The molecule has 6 heteroatoms. The van der Waals surface area contributed by atoms with Crippen LogP contribution in [0.1, 0.15) is 41.8 Å². The summed E-state index contributed by atoms with van der Waals surface area (Å²) in [4.78, 5) is 23.7. The van der Waals surface area contributed by atoms with Crippen molar-refractivity contribution in [2.75, 3.05) is 6.61 Å². The summed E-state index contributed by atoms with van der Waals surface area (Å²) in [5, 5.41) is 2.89. The van der Waals surface area contributed by atoms with Crippen LogP contribution in [0.5, 0.6) is 0 Å². The number of carbonyl (C=O) groups excluding carboxylic acids is 2. The van der Waals surface area contributed by atoms with Gasteiger partial charge in [0.05, 0.1) is 4.34 Å². The minimum Gasteiger partial charge on any atom is -0.451 e. The SMILES string of the molecule is O=C(COC(=O)c1ccc(Cl)s1)NC1CCCCC1. The normalized spacial score (nSPS) is 16.1. The van der Waals surface area contributed by atoms with Gasteiger partial charge in [-0.25, -0.2) is 4.79 Å². The van der Waals surface area contributed by atoms with Crippen LogP contribution in [0.25, 0.3) is 0 Å². The summed E-state index contributed by atoms with van der Waals surface area (Å²) in [6.07, 6.45) is 5.57. The summed E-state index contributed by atoms with van der Waals surface area (Å²) in [6, 6.07) is 3.45. The van der Waals surface area contributed by atoms with Crippen molar-refractivity contribution in [2.24, 2.45) is 0 Å². The summed E-state index contributed by atoms with van der Waals surface area (Å²) >= 11 is 6.87. The number of rotatable bonds is 4. The fourth-order valence-electron chi connectivity index (χ4n) is 2.14. The first kappa shape index (κ1) is 14.3. The zero-order valence-electron chi connectivity index (χ0n) is 10.5. The van der Waals surface area contributed by atoms with E-state index in [9.17, 15) is 9.59 Å². The third-order valence-corrected chi connectivity index (χ3v) is 4.29. The first-order chi connectivity index (χ1) is 9.15. The fourth-order valence-corrected chi connectivity index (χ4v) is 3.08. The predicted octanol–water partition coefficient (Wildman–Crippen LogP) is 3.01. The van der Waals surface area contributed by atoms with Gasteiger partial charge in [0.15, 0.2) is 6.61 Å². The third-order valence-electron chi connectivity index (χ3n) is 3.08. The van der Waals surface area contributed by atoms with Crippen LogP contribution < -0.4 is 5.32 Å². The quantitative estimate of drug-likeness (QED) is 0.870. The number of halogens is 1. The van der Waals surface area contributed by atoms with Gasteiger partial charge in [0.1, 0.15) is 4.88 Å². The van der Waals surface area contributed by atoms with Crippen LogP contribution in [-0.4, -0.2) is 24.5 Å². The molecule has 1 amide bonds. The topological polar surface area (TPSA) is 55.4 Å². The highest BCUT2D eigenvalue weighted by Crippen LogP contribution is 2.22. The van der Waals surface area contributed by atoms with Crippen LogP contribution in [0.3, 0.4) is 0 Å². The molecule has 1 aromatic rings. The third kappa shape index (κ3) is 4.51. The van der Waals surface area contributed by atoms with E-state index < -0.39 is 5.97 Å². The van der Waals surface area contributed by atoms with Gasteiger partial charge in [0, 0.05) is 6.04 Å². The molecule has 1 fully saturated rings. The first-order valence-electron chi connectivity index (χ1n) is 6.37. The van der Waals surface area contributed by atoms with E-state index in [2.05, 4.69) is 5.32 Å². The molecule has 19 heavy (non-hydrogen) atoms. The van der Waals surface area contributed by atoms with Crippen molar-refractivity contribution < 1.29 is 14.3 Å². The molecule has 0 unspecified atom stereocenters. The first-order valence-corrected chi connectivity index (χ1v) is 7.56. The zero-order valence-corrected chi connectivity index (χ0v) is 12.1. The van der Waals surface area contributed by atoms with Crippen molar-refractivity contribution in [3.05, 3.63) is 21.3 Å². The van der Waals surface area contributed by atoms with Gasteiger partial charge in [0.2, 0.25) is 0 Å². The Hall–Kier alpha value is -1.07. The molecular formula is C13H16ClNO3S. The van der Waals surface area contributed by atoms with Crippen LogP contribution in [0.4, 0.5) is 0 Å². The van der Waals surface area contributed by atoms with Crippen LogP contribution >= 0.6 is 22.9 Å². The van der Waals surface area contributed by atoms with E-state index in [0.29, 0.717) is 9.21 Å². The molecule has 1 aliphatic carbocycles. The average Bonchev–Trinajstić information content (AvgIpc) is 2.84. The Labute approximate surface area is 121 Å². The highest BCUT2D eigenvalue weighted by atomic mass is 35.5. The Balaban J connectivity index is 1.72. The van der Waals surface area contributed by atoms with Crippen LogP contribution in [0, 0.1) is 0 Å². The van der Waals surface area contributed by atoms with E-state index in [4.69, 9.17) is 16.3 Å². The molecule has 0 aromatic carbocycles. The largest absolute Gasteiger partial charge is 0.451 e. The molecule has 0 spiro atoms. The molecule has 1 N–H and O–H groups in total. The van der Waals surface area contributed by atoms with Gasteiger partial charge in [0.25, 0.3) is 5.91 Å². The van der Waals surface area contributed by atoms with Crippen molar-refractivity contribution in [3.63, 3.8) is 0 Å². The average molecular weight is 302 g/mol. The van der Waals surface area contributed by atoms with Gasteiger partial charge in [-0.1, -0.05) is 30.9 Å². The molecule has 1 heterocycles. The van der Waals surface area contributed by atoms with Crippen LogP contribution in [0.15, 0.2) is 12.1 Å². The second-order valence-electron chi connectivity index (χ2n) is 4.58. The molecule has 0 radical (unpaired) electrons. The molecule has 0 saturated heterocycles. The molecule has 0 bridgehead atoms. The molecule has 1 aliphatic rings. The molecule has 104 valence electrons. The Morgan fingerprint density at radius 3 is 2.68 bits per heavy atom. The minimum atomic E-state index is -0.504. The number of hydrogen-bond donors (Lipinski definition) is 1. The summed E-state index contributed by atoms with van der Waals surface area (Å²) in [5.41, 5.74) is 0. The van der Waals surface area contributed by atoms with Crippen molar-refractivity contribution in [3.8, 4) is 0 Å². The molecule has 0 atom stereocenters. The zero-order chi connectivity index (χ0) is 13.7. The standard InChI is InChI=1S/C13H16ClNO3S/c14-11-7-6-10(19-11)13(17)18-8-12(16)15-9-4-2-1-3-5-9/h6-7,9H,1-5,8H2,(H,15,16). The lowest BCUT2D eigenvalue weighted by Crippen LogP contribution is -2.38. The summed E-state index contributed by atoms with van der Waals surface area (Å²) in [5.74, 6) is -0.737. The second kappa shape index (κ2) is 6.91. The van der Waals surface area contributed by atoms with Crippen molar-refractivity contribution in [1.82, 2.24) is 5.32 Å². The number of esters is 1. The van der Waals surface area contributed by atoms with Crippen LogP contribution in [-0.2, 0) is 9.53 Å². The summed E-state index contributed by atoms with van der Waals surface area (Å²) < 4.78 is 5.47. The fraction of sp³-hybridized carbons (Fsp3) is 0.538. The number of thiophene rings is 1. The Kier molecular flexibility index (Phi) is 5.22. The second-order valence-corrected chi connectivity index (χ2v) is 6.30. The van der Waals surface area contributed by atoms with E-state index in [1.165, 1.54) is 6.42 Å². The maximum Gasteiger partial charge on any atom is 0.348 e. The van der Waals surface area contributed by atoms with Gasteiger partial charge in [-0.3, -0.25) is 4.79 Å². The lowest BCUT2D eigenvalue weighted by Gasteiger charge is -2.22. The maximum atomic E-state index is 11.6. The number of carbonyl (C=O) groups is 2. The van der Waals surface area contributed by atoms with E-state index in [1.807, 2.05) is 0 Å². The van der Waals surface area contributed by atoms with Gasteiger partial charge in [-0.15, -0.1) is 11.3 Å². The number of hydrogen-bond acceptors (Lipinski definition) is 4. The smallest absolute Gasteiger partial charge is 0.348 e. The summed E-state index contributed by atoms with van der Waals surface area (Å²) in [6.45, 7) is -0.231. The highest BCUT2D eigenvalue weighted by Gasteiger charge is 2.17. The van der Waals surface area contributed by atoms with E-state index in [1.54, 1.807) is 12.1 Å². The van der Waals surface area contributed by atoms with Crippen molar-refractivity contribution in [2.45, 2.75) is 38.1 Å². The number of nitrogens with one attached hydrogen (secondary N) is 1. The van der Waals surface area contributed by atoms with Gasteiger partial charge < -0.3 is 10.1 Å². The molecule has 1 aromatic heterocycles. The van der Waals surface area contributed by atoms with Gasteiger partial charge >= 0.3 is 5.97 Å². The highest BCUT2D eigenvalue weighted by molar-refractivity contribution is 7.17. The number of ether oxygens (including phenoxy) is 1. The molecule has 2 rings (SSSR count). The molecule has 4 nitrogen and oxygen atoms in total. The lowest BCUT2D eigenvalue weighted by atomic mass is 9.95. The Morgan fingerprint density at radius 1 is 1.32 bits per heavy atom. The maximum absolute atomic E-state index is 11.6. The summed E-state index contributed by atoms with van der Waals surface area (Å²) in [7, 11) is 0. The molecular weight excluding hydrogens is 286 g/mol. The number of amides is 1. The molecule has 1 saturated carbocycles. The predicted molar refractivity (Wildman–Crippen MR) is 74.6 cm³/mol. The van der Waals surface area contributed by atoms with Crippen molar-refractivity contribution >= 4 is 34.8 Å². The van der Waals surface area contributed by atoms with Gasteiger partial charge in [-0.05, 0) is 25.0 Å². The Bertz CT molecular complexity index is 454. The van der Waals surface area contributed by atoms with E-state index >= 15 is 0 Å². The minimum absolute atomic E-state index is 0.231. The molecule has 0 aliphatic heterocycles. The van der Waals surface area contributed by atoms with Gasteiger partial charge in [-0.2, -0.15) is 0 Å².